The molecule has 10 rings (SSSR count). The lowest BCUT2D eigenvalue weighted by atomic mass is 9.93. The van der Waals surface area contributed by atoms with Crippen molar-refractivity contribution in [1.82, 2.24) is 61.9 Å². The molecule has 0 saturated heterocycles. The highest BCUT2D eigenvalue weighted by Gasteiger charge is 2.33. The molecule has 4 heterocycles. The zero-order valence-corrected chi connectivity index (χ0v) is 57.8. The summed E-state index contributed by atoms with van der Waals surface area (Å²) >= 11 is 0. The molecule has 0 fully saturated rings. The van der Waals surface area contributed by atoms with E-state index < -0.39 is 0 Å². The van der Waals surface area contributed by atoms with Gasteiger partial charge in [0.1, 0.15) is 11.4 Å². The standard InChI is InChI=1S/C76H96N14O6/c1-73(2,77-9)36-34-65(91)87-50-57-18-12-13-19-59(57)67-70(62-21-15-17-23-64(62)87)90(85-83-67)49-53-26-31-56(32-27-53)72(94)81-41-45-96-43-39-76(7,8)82-47-54-28-33-60-58(46-54)51-88(66(92)35-37-74(3,4)78-10)63-22-16-14-20-61(63)68-69(60)89(86-84-68)48-52-24-29-55(30-25-52)71(93)80-40-44-95-42-38-75(5,6)79-11/h12-33,46,77-79,82H,34-45,47-51H2,1-11H3,(H,80,93)(H,81,94). The van der Waals surface area contributed by atoms with Gasteiger partial charge in [-0.2, -0.15) is 0 Å². The topological polar surface area (TPSA) is 227 Å². The molecular formula is C76H96N14O6. The van der Waals surface area contributed by atoms with E-state index in [-0.39, 0.29) is 45.8 Å². The Bertz CT molecular complexity index is 4000. The lowest BCUT2D eigenvalue weighted by Gasteiger charge is -2.31. The van der Waals surface area contributed by atoms with Crippen LogP contribution in [-0.4, -0.2) is 136 Å². The first-order valence-corrected chi connectivity index (χ1v) is 33.6. The predicted octanol–water partition coefficient (Wildman–Crippen LogP) is 10.7. The van der Waals surface area contributed by atoms with Crippen molar-refractivity contribution in [1.29, 1.82) is 0 Å². The Morgan fingerprint density at radius 3 is 1.41 bits per heavy atom. The smallest absolute Gasteiger partial charge is 0.251 e. The summed E-state index contributed by atoms with van der Waals surface area (Å²) in [5.41, 5.74) is 13.5. The van der Waals surface area contributed by atoms with E-state index in [1.54, 1.807) is 0 Å². The normalized spacial score (nSPS) is 13.0. The van der Waals surface area contributed by atoms with Crippen LogP contribution in [0.5, 0.6) is 0 Å². The summed E-state index contributed by atoms with van der Waals surface area (Å²) in [6, 6.07) is 45.6. The molecule has 20 heteroatoms. The number of anilines is 2. The quantitative estimate of drug-likeness (QED) is 0.0230. The summed E-state index contributed by atoms with van der Waals surface area (Å²) in [5, 5.41) is 38.8. The second-order valence-corrected chi connectivity index (χ2v) is 27.8. The van der Waals surface area contributed by atoms with Gasteiger partial charge >= 0.3 is 0 Å². The van der Waals surface area contributed by atoms with Crippen molar-refractivity contribution in [2.24, 2.45) is 0 Å². The van der Waals surface area contributed by atoms with E-state index in [1.165, 1.54) is 0 Å². The number of amides is 4. The maximum atomic E-state index is 14.6. The fourth-order valence-corrected chi connectivity index (χ4v) is 11.8. The number of nitrogens with one attached hydrogen (secondary N) is 6. The molecule has 96 heavy (non-hydrogen) atoms. The molecule has 2 aliphatic heterocycles. The van der Waals surface area contributed by atoms with Crippen molar-refractivity contribution in [3.8, 4) is 45.0 Å². The van der Waals surface area contributed by atoms with Gasteiger partial charge in [-0.05, 0) is 166 Å². The molecule has 0 atom stereocenters. The van der Waals surface area contributed by atoms with Gasteiger partial charge < -0.3 is 51.2 Å². The first kappa shape index (κ1) is 70.1. The fraction of sp³-hybridized carbons (Fsp3) is 0.421. The minimum atomic E-state index is -0.318. The van der Waals surface area contributed by atoms with Gasteiger partial charge in [0.05, 0.1) is 62.2 Å². The lowest BCUT2D eigenvalue weighted by Crippen LogP contribution is -2.40. The van der Waals surface area contributed by atoms with Crippen LogP contribution >= 0.6 is 0 Å². The number of nitrogens with zero attached hydrogens (tertiary/aromatic N) is 8. The monoisotopic (exact) mass is 1300 g/mol. The fourth-order valence-electron chi connectivity index (χ4n) is 11.8. The summed E-state index contributed by atoms with van der Waals surface area (Å²) in [5.74, 6) is -0.292. The minimum absolute atomic E-state index is 0.0164. The molecule has 2 aromatic heterocycles. The molecule has 0 radical (unpaired) electrons. The Labute approximate surface area is 565 Å². The van der Waals surface area contributed by atoms with Crippen LogP contribution in [-0.2, 0) is 51.8 Å². The molecule has 20 nitrogen and oxygen atoms in total. The number of rotatable bonds is 30. The Balaban J connectivity index is 0.755. The summed E-state index contributed by atoms with van der Waals surface area (Å²) in [7, 11) is 5.79. The van der Waals surface area contributed by atoms with E-state index in [1.807, 2.05) is 156 Å². The maximum absolute atomic E-state index is 14.6. The first-order valence-electron chi connectivity index (χ1n) is 33.6. The Hall–Kier alpha value is -8.76. The molecule has 0 aliphatic carbocycles. The Kier molecular flexibility index (Phi) is 22.6. The number of hydrogen-bond donors (Lipinski definition) is 6. The van der Waals surface area contributed by atoms with Crippen LogP contribution in [0.1, 0.15) is 142 Å². The molecule has 6 aromatic carbocycles. The van der Waals surface area contributed by atoms with Crippen LogP contribution in [0, 0.1) is 0 Å². The van der Waals surface area contributed by atoms with E-state index in [4.69, 9.17) is 30.1 Å². The van der Waals surface area contributed by atoms with Crippen molar-refractivity contribution < 1.29 is 28.7 Å². The van der Waals surface area contributed by atoms with E-state index in [9.17, 15) is 19.2 Å². The highest BCUT2D eigenvalue weighted by atomic mass is 16.5. The van der Waals surface area contributed by atoms with E-state index in [0.29, 0.717) is 121 Å². The zero-order valence-electron chi connectivity index (χ0n) is 57.8. The van der Waals surface area contributed by atoms with E-state index >= 15 is 0 Å². The van der Waals surface area contributed by atoms with Gasteiger partial charge in [-0.25, -0.2) is 9.36 Å². The molecule has 506 valence electrons. The van der Waals surface area contributed by atoms with Crippen LogP contribution in [0.15, 0.2) is 140 Å². The number of para-hydroxylation sites is 2. The van der Waals surface area contributed by atoms with Gasteiger partial charge in [-0.3, -0.25) is 19.2 Å². The second kappa shape index (κ2) is 31.0. The third kappa shape index (κ3) is 17.4. The second-order valence-electron chi connectivity index (χ2n) is 27.8. The van der Waals surface area contributed by atoms with Crippen molar-refractivity contribution in [2.45, 2.75) is 149 Å². The van der Waals surface area contributed by atoms with Crippen LogP contribution in [0.2, 0.25) is 0 Å². The van der Waals surface area contributed by atoms with Crippen molar-refractivity contribution in [3.05, 3.63) is 178 Å². The van der Waals surface area contributed by atoms with Gasteiger partial charge in [0.2, 0.25) is 11.8 Å². The minimum Gasteiger partial charge on any atom is -0.380 e. The van der Waals surface area contributed by atoms with E-state index in [0.717, 1.165) is 84.9 Å². The highest BCUT2D eigenvalue weighted by molar-refractivity contribution is 6.02. The van der Waals surface area contributed by atoms with Gasteiger partial charge in [0.25, 0.3) is 11.8 Å². The Morgan fingerprint density at radius 1 is 0.448 bits per heavy atom. The third-order valence-corrected chi connectivity index (χ3v) is 19.0. The molecule has 0 unspecified atom stereocenters. The SMILES string of the molecule is CNC(C)(C)CCOCCNC(=O)c1ccc(Cn2nnc3c2-c2ccc(CNC(C)(C)CCOCCNC(=O)c4ccc(Cn5nnc6c5-c5ccccc5N(C(=O)CCC(C)(C)NC)Cc5ccccc5-6)cc4)cc2CN(C(=O)CCC(C)(C)NC)c2ccccc2-3)cc1. The molecular weight excluding hydrogens is 1200 g/mol. The molecule has 4 amide bonds. The van der Waals surface area contributed by atoms with Crippen molar-refractivity contribution in [3.63, 3.8) is 0 Å². The third-order valence-electron chi connectivity index (χ3n) is 19.0. The number of carbonyl (C=O) groups excluding carboxylic acids is 4. The summed E-state index contributed by atoms with van der Waals surface area (Å²) in [6.07, 6.45) is 3.63. The molecule has 8 aromatic rings. The predicted molar refractivity (Wildman–Crippen MR) is 380 cm³/mol. The number of hydrogen-bond acceptors (Lipinski definition) is 14. The number of carbonyl (C=O) groups is 4. The average molecular weight is 1300 g/mol. The number of aromatic nitrogens is 6. The largest absolute Gasteiger partial charge is 0.380 e. The van der Waals surface area contributed by atoms with Gasteiger partial charge in [-0.1, -0.05) is 114 Å². The Morgan fingerprint density at radius 2 is 0.875 bits per heavy atom. The molecule has 0 bridgehead atoms. The van der Waals surface area contributed by atoms with Gasteiger partial charge in [-0.15, -0.1) is 10.2 Å². The highest BCUT2D eigenvalue weighted by Crippen LogP contribution is 2.44. The first-order chi connectivity index (χ1) is 46.0. The maximum Gasteiger partial charge on any atom is 0.251 e. The number of fused-ring (bicyclic) bond motifs is 10. The molecule has 6 N–H and O–H groups in total. The summed E-state index contributed by atoms with van der Waals surface area (Å²) < 4.78 is 15.7. The van der Waals surface area contributed by atoms with Gasteiger partial charge in [0, 0.05) is 101 Å². The molecule has 0 spiro atoms. The van der Waals surface area contributed by atoms with Gasteiger partial charge in [0.15, 0.2) is 0 Å². The van der Waals surface area contributed by atoms with Crippen molar-refractivity contribution >= 4 is 35.0 Å². The number of ether oxygens (including phenoxy) is 2. The number of benzene rings is 6. The average Bonchev–Trinajstić information content (AvgIpc) is 1.47. The van der Waals surface area contributed by atoms with E-state index in [2.05, 4.69) is 112 Å². The molecule has 0 saturated carbocycles. The lowest BCUT2D eigenvalue weighted by molar-refractivity contribution is -0.119. The summed E-state index contributed by atoms with van der Waals surface area (Å²) in [4.78, 5) is 59.1. The van der Waals surface area contributed by atoms with Crippen LogP contribution < -0.4 is 41.7 Å². The molecule has 2 aliphatic rings. The van der Waals surface area contributed by atoms with Crippen LogP contribution in [0.25, 0.3) is 45.0 Å². The van der Waals surface area contributed by atoms with Crippen molar-refractivity contribution in [2.75, 3.05) is 70.5 Å². The van der Waals surface area contributed by atoms with Crippen LogP contribution in [0.4, 0.5) is 11.4 Å². The zero-order chi connectivity index (χ0) is 68.2. The van der Waals surface area contributed by atoms with Crippen LogP contribution in [0.3, 0.4) is 0 Å². The summed E-state index contributed by atoms with van der Waals surface area (Å²) in [6.45, 7) is 21.7.